The molecule has 2 aromatic rings. The third-order valence-electron chi connectivity index (χ3n) is 4.73. The Balaban J connectivity index is 2.05. The third kappa shape index (κ3) is 4.37. The standard InChI is InChI=1S/C23H20N2O6S/c1-4-5-15-10-13(12-18(30-2)19(15)31-3)11-17-20(26)24-23(32)25(21(17)27)16-8-6-14(7-9-16)22(28)29/h4,6-12H,1,5H2,2-3H3,(H,28,29)(H,24,26,32)/b17-11+. The maximum Gasteiger partial charge on any atom is 0.335 e. The maximum atomic E-state index is 13.2. The van der Waals surface area contributed by atoms with Crippen LogP contribution in [-0.4, -0.2) is 42.2 Å². The molecule has 0 atom stereocenters. The molecule has 32 heavy (non-hydrogen) atoms. The minimum atomic E-state index is -1.10. The van der Waals surface area contributed by atoms with E-state index in [1.54, 1.807) is 18.2 Å². The predicted molar refractivity (Wildman–Crippen MR) is 123 cm³/mol. The number of carbonyl (C=O) groups excluding carboxylic acids is 2. The number of anilines is 1. The highest BCUT2D eigenvalue weighted by Gasteiger charge is 2.34. The van der Waals surface area contributed by atoms with E-state index in [1.807, 2.05) is 0 Å². The first-order valence-corrected chi connectivity index (χ1v) is 9.82. The van der Waals surface area contributed by atoms with Gasteiger partial charge in [-0.2, -0.15) is 0 Å². The van der Waals surface area contributed by atoms with Crippen molar-refractivity contribution < 1.29 is 29.0 Å². The topological polar surface area (TPSA) is 105 Å². The summed E-state index contributed by atoms with van der Waals surface area (Å²) in [4.78, 5) is 38.0. The summed E-state index contributed by atoms with van der Waals surface area (Å²) in [5, 5.41) is 11.5. The average Bonchev–Trinajstić information content (AvgIpc) is 2.76. The summed E-state index contributed by atoms with van der Waals surface area (Å²) in [5.74, 6) is -1.39. The SMILES string of the molecule is C=CCc1cc(/C=C2\C(=O)NC(=S)N(c3ccc(C(=O)O)cc3)C2=O)cc(OC)c1OC. The molecule has 1 aliphatic rings. The van der Waals surface area contributed by atoms with E-state index < -0.39 is 17.8 Å². The van der Waals surface area contributed by atoms with E-state index in [4.69, 9.17) is 26.8 Å². The highest BCUT2D eigenvalue weighted by atomic mass is 32.1. The molecule has 0 spiro atoms. The van der Waals surface area contributed by atoms with Crippen molar-refractivity contribution >= 4 is 46.9 Å². The van der Waals surface area contributed by atoms with E-state index in [-0.39, 0.29) is 16.2 Å². The van der Waals surface area contributed by atoms with Crippen LogP contribution in [0.1, 0.15) is 21.5 Å². The summed E-state index contributed by atoms with van der Waals surface area (Å²) in [6.45, 7) is 3.74. The molecule has 1 aliphatic heterocycles. The monoisotopic (exact) mass is 452 g/mol. The highest BCUT2D eigenvalue weighted by molar-refractivity contribution is 7.80. The van der Waals surface area contributed by atoms with E-state index in [2.05, 4.69) is 11.9 Å². The van der Waals surface area contributed by atoms with Crippen molar-refractivity contribution in [3.8, 4) is 11.5 Å². The zero-order chi connectivity index (χ0) is 23.4. The van der Waals surface area contributed by atoms with E-state index in [1.165, 1.54) is 44.6 Å². The molecule has 0 bridgehead atoms. The van der Waals surface area contributed by atoms with Gasteiger partial charge in [-0.05, 0) is 66.7 Å². The minimum Gasteiger partial charge on any atom is -0.493 e. The molecule has 1 fully saturated rings. The molecular weight excluding hydrogens is 432 g/mol. The Morgan fingerprint density at radius 2 is 1.88 bits per heavy atom. The number of hydrogen-bond donors (Lipinski definition) is 2. The first-order valence-electron chi connectivity index (χ1n) is 9.41. The van der Waals surface area contributed by atoms with Crippen LogP contribution in [-0.2, 0) is 16.0 Å². The van der Waals surface area contributed by atoms with Gasteiger partial charge in [0.05, 0.1) is 25.5 Å². The minimum absolute atomic E-state index is 0.0593. The van der Waals surface area contributed by atoms with Crippen LogP contribution in [0.3, 0.4) is 0 Å². The number of methoxy groups -OCH3 is 2. The smallest absolute Gasteiger partial charge is 0.335 e. The van der Waals surface area contributed by atoms with Crippen molar-refractivity contribution in [3.05, 3.63) is 71.3 Å². The molecule has 1 heterocycles. The van der Waals surface area contributed by atoms with Gasteiger partial charge < -0.3 is 14.6 Å². The zero-order valence-electron chi connectivity index (χ0n) is 17.4. The fraction of sp³-hybridized carbons (Fsp3) is 0.130. The predicted octanol–water partition coefficient (Wildman–Crippen LogP) is 2.96. The molecule has 3 rings (SSSR count). The zero-order valence-corrected chi connectivity index (χ0v) is 18.2. The number of thiocarbonyl (C=S) groups is 1. The molecule has 1 saturated heterocycles. The second-order valence-corrected chi connectivity index (χ2v) is 7.10. The number of allylic oxidation sites excluding steroid dienone is 1. The Bertz CT molecular complexity index is 1150. The number of aromatic carboxylic acids is 1. The van der Waals surface area contributed by atoms with Gasteiger partial charge in [-0.1, -0.05) is 6.08 Å². The van der Waals surface area contributed by atoms with Gasteiger partial charge in [0, 0.05) is 5.56 Å². The number of rotatable bonds is 7. The third-order valence-corrected chi connectivity index (χ3v) is 5.01. The van der Waals surface area contributed by atoms with E-state index >= 15 is 0 Å². The first-order chi connectivity index (χ1) is 15.3. The number of ether oxygens (including phenoxy) is 2. The number of carboxylic acid groups (broad SMARTS) is 1. The normalized spacial score (nSPS) is 14.9. The molecule has 0 unspecified atom stereocenters. The number of nitrogens with one attached hydrogen (secondary N) is 1. The fourth-order valence-electron chi connectivity index (χ4n) is 3.27. The van der Waals surface area contributed by atoms with Crippen molar-refractivity contribution in [1.29, 1.82) is 0 Å². The van der Waals surface area contributed by atoms with Crippen molar-refractivity contribution in [2.45, 2.75) is 6.42 Å². The number of carbonyl (C=O) groups is 3. The Kier molecular flexibility index (Phi) is 6.70. The number of nitrogens with zero attached hydrogens (tertiary/aromatic N) is 1. The molecule has 2 amide bonds. The van der Waals surface area contributed by atoms with Gasteiger partial charge >= 0.3 is 5.97 Å². The Labute approximate surface area is 189 Å². The van der Waals surface area contributed by atoms with Crippen LogP contribution in [0.5, 0.6) is 11.5 Å². The van der Waals surface area contributed by atoms with Crippen LogP contribution in [0.4, 0.5) is 5.69 Å². The summed E-state index contributed by atoms with van der Waals surface area (Å²) < 4.78 is 10.8. The molecule has 2 aromatic carbocycles. The molecule has 0 saturated carbocycles. The lowest BCUT2D eigenvalue weighted by Crippen LogP contribution is -2.54. The number of amides is 2. The van der Waals surface area contributed by atoms with Crippen LogP contribution in [0.15, 0.2) is 54.6 Å². The first kappa shape index (κ1) is 22.7. The van der Waals surface area contributed by atoms with Gasteiger partial charge in [0.15, 0.2) is 16.6 Å². The lowest BCUT2D eigenvalue weighted by Gasteiger charge is -2.29. The highest BCUT2D eigenvalue weighted by Crippen LogP contribution is 2.34. The quantitative estimate of drug-likeness (QED) is 0.288. The Morgan fingerprint density at radius 1 is 1.19 bits per heavy atom. The van der Waals surface area contributed by atoms with Gasteiger partial charge in [0.2, 0.25) is 0 Å². The lowest BCUT2D eigenvalue weighted by atomic mass is 10.0. The van der Waals surface area contributed by atoms with Crippen LogP contribution < -0.4 is 19.7 Å². The molecular formula is C23H20N2O6S. The van der Waals surface area contributed by atoms with Crippen molar-refractivity contribution in [2.75, 3.05) is 19.1 Å². The molecule has 0 radical (unpaired) electrons. The summed E-state index contributed by atoms with van der Waals surface area (Å²) in [6.07, 6.45) is 3.63. The molecule has 164 valence electrons. The van der Waals surface area contributed by atoms with Crippen molar-refractivity contribution in [1.82, 2.24) is 5.32 Å². The molecule has 2 N–H and O–H groups in total. The summed E-state index contributed by atoms with van der Waals surface area (Å²) >= 11 is 5.17. The van der Waals surface area contributed by atoms with Crippen molar-refractivity contribution in [2.24, 2.45) is 0 Å². The van der Waals surface area contributed by atoms with Crippen LogP contribution in [0.25, 0.3) is 6.08 Å². The van der Waals surface area contributed by atoms with Gasteiger partial charge in [-0.25, -0.2) is 4.79 Å². The fourth-order valence-corrected chi connectivity index (χ4v) is 3.55. The summed E-state index contributed by atoms with van der Waals surface area (Å²) in [7, 11) is 3.01. The molecule has 9 heteroatoms. The van der Waals surface area contributed by atoms with Crippen LogP contribution >= 0.6 is 12.2 Å². The summed E-state index contributed by atoms with van der Waals surface area (Å²) in [6, 6.07) is 9.02. The van der Waals surface area contributed by atoms with Gasteiger partial charge in [-0.3, -0.25) is 19.8 Å². The Morgan fingerprint density at radius 3 is 2.44 bits per heavy atom. The largest absolute Gasteiger partial charge is 0.493 e. The average molecular weight is 452 g/mol. The van der Waals surface area contributed by atoms with Gasteiger partial charge in [-0.15, -0.1) is 6.58 Å². The maximum absolute atomic E-state index is 13.2. The van der Waals surface area contributed by atoms with Crippen LogP contribution in [0, 0.1) is 0 Å². The van der Waals surface area contributed by atoms with Crippen LogP contribution in [0.2, 0.25) is 0 Å². The molecule has 0 aliphatic carbocycles. The molecule has 8 nitrogen and oxygen atoms in total. The van der Waals surface area contributed by atoms with Gasteiger partial charge in [0.1, 0.15) is 5.57 Å². The second-order valence-electron chi connectivity index (χ2n) is 6.72. The summed E-state index contributed by atoms with van der Waals surface area (Å²) in [5.41, 5.74) is 1.57. The van der Waals surface area contributed by atoms with Gasteiger partial charge in [0.25, 0.3) is 11.8 Å². The second kappa shape index (κ2) is 9.44. The molecule has 0 aromatic heterocycles. The van der Waals surface area contributed by atoms with E-state index in [0.717, 1.165) is 10.5 Å². The van der Waals surface area contributed by atoms with Crippen molar-refractivity contribution in [3.63, 3.8) is 0 Å². The number of benzene rings is 2. The number of hydrogen-bond acceptors (Lipinski definition) is 6. The lowest BCUT2D eigenvalue weighted by molar-refractivity contribution is -0.122. The Hall–Kier alpha value is -3.98. The van der Waals surface area contributed by atoms with E-state index in [9.17, 15) is 14.4 Å². The van der Waals surface area contributed by atoms with E-state index in [0.29, 0.717) is 29.2 Å². The number of carboxylic acids is 1.